The molecule has 1 aromatic carbocycles. The average Bonchev–Trinajstić information content (AvgIpc) is 3.72. The molecule has 0 atom stereocenters. The van der Waals surface area contributed by atoms with Crippen molar-refractivity contribution >= 4 is 17.0 Å². The zero-order valence-corrected chi connectivity index (χ0v) is 22.2. The maximum absolute atomic E-state index is 13.5. The lowest BCUT2D eigenvalue weighted by Crippen LogP contribution is -2.42. The van der Waals surface area contributed by atoms with E-state index in [4.69, 9.17) is 15.7 Å². The maximum atomic E-state index is 13.5. The Morgan fingerprint density at radius 3 is 2.35 bits per heavy atom. The molecule has 1 saturated heterocycles. The molecule has 0 amide bonds. The topological polar surface area (TPSA) is 97.8 Å². The normalized spacial score (nSPS) is 16.5. The SMILES string of the molecule is Nc1ncccc1-c1nc2ccc(-c3ccc(F)cn3)nc2n1-c1ccc(CN2CCC(NC3CC3)CC2)cc1. The first-order valence-corrected chi connectivity index (χ1v) is 13.9. The summed E-state index contributed by atoms with van der Waals surface area (Å²) in [6.07, 6.45) is 7.97. The van der Waals surface area contributed by atoms with Gasteiger partial charge in [-0.05, 0) is 92.9 Å². The van der Waals surface area contributed by atoms with Crippen LogP contribution in [-0.2, 0) is 6.54 Å². The minimum atomic E-state index is -0.386. The molecule has 40 heavy (non-hydrogen) atoms. The van der Waals surface area contributed by atoms with Gasteiger partial charge in [-0.25, -0.2) is 19.3 Å². The number of nitrogens with one attached hydrogen (secondary N) is 1. The number of imidazole rings is 1. The molecule has 9 heteroatoms. The van der Waals surface area contributed by atoms with E-state index in [-0.39, 0.29) is 5.82 Å². The van der Waals surface area contributed by atoms with Gasteiger partial charge in [0.2, 0.25) is 0 Å². The van der Waals surface area contributed by atoms with E-state index >= 15 is 0 Å². The Labute approximate surface area is 232 Å². The predicted molar refractivity (Wildman–Crippen MR) is 154 cm³/mol. The monoisotopic (exact) mass is 534 g/mol. The Hall–Kier alpha value is -4.21. The fourth-order valence-corrected chi connectivity index (χ4v) is 5.51. The van der Waals surface area contributed by atoms with Crippen LogP contribution in [0.3, 0.4) is 0 Å². The van der Waals surface area contributed by atoms with Gasteiger partial charge in [0, 0.05) is 30.5 Å². The number of nitrogens with zero attached hydrogens (tertiary/aromatic N) is 6. The summed E-state index contributed by atoms with van der Waals surface area (Å²) in [6, 6.07) is 20.6. The molecule has 1 aliphatic carbocycles. The number of rotatable bonds is 7. The Balaban J connectivity index is 1.21. The molecule has 5 aromatic rings. The Kier molecular flexibility index (Phi) is 6.45. The number of piperidine rings is 1. The van der Waals surface area contributed by atoms with Crippen LogP contribution in [0.25, 0.3) is 39.6 Å². The van der Waals surface area contributed by atoms with E-state index in [1.165, 1.54) is 43.5 Å². The zero-order chi connectivity index (χ0) is 27.1. The molecular formula is C31H31FN8. The molecule has 5 heterocycles. The quantitative estimate of drug-likeness (QED) is 0.304. The van der Waals surface area contributed by atoms with Gasteiger partial charge in [-0.15, -0.1) is 0 Å². The smallest absolute Gasteiger partial charge is 0.165 e. The number of benzene rings is 1. The number of likely N-dealkylation sites (tertiary alicyclic amines) is 1. The van der Waals surface area contributed by atoms with Crippen LogP contribution in [-0.4, -0.2) is 54.6 Å². The van der Waals surface area contributed by atoms with E-state index in [1.807, 2.05) is 28.8 Å². The molecule has 1 aliphatic heterocycles. The number of fused-ring (bicyclic) bond motifs is 1. The van der Waals surface area contributed by atoms with Gasteiger partial charge >= 0.3 is 0 Å². The van der Waals surface area contributed by atoms with Crippen molar-refractivity contribution in [3.63, 3.8) is 0 Å². The molecule has 3 N–H and O–H groups in total. The lowest BCUT2D eigenvalue weighted by atomic mass is 10.0. The summed E-state index contributed by atoms with van der Waals surface area (Å²) in [6.45, 7) is 3.17. The van der Waals surface area contributed by atoms with Crippen LogP contribution in [0.5, 0.6) is 0 Å². The summed E-state index contributed by atoms with van der Waals surface area (Å²) in [4.78, 5) is 20.9. The van der Waals surface area contributed by atoms with E-state index < -0.39 is 0 Å². The second-order valence-corrected chi connectivity index (χ2v) is 10.8. The standard InChI is InChI=1S/C31H31FN8/c32-21-5-10-26(35-18-21)27-11-12-28-31(37-27)40(30(38-28)25-2-1-15-34-29(25)33)24-8-3-20(4-9-24)19-39-16-13-23(14-17-39)36-22-6-7-22/h1-5,8-12,15,18,22-23,36H,6-7,13-14,16-17,19H2,(H2,33,34). The number of anilines is 1. The second-order valence-electron chi connectivity index (χ2n) is 10.8. The van der Waals surface area contributed by atoms with Gasteiger partial charge in [-0.1, -0.05) is 12.1 Å². The summed E-state index contributed by atoms with van der Waals surface area (Å²) in [5, 5.41) is 3.78. The van der Waals surface area contributed by atoms with Crippen LogP contribution in [0.4, 0.5) is 10.2 Å². The zero-order valence-electron chi connectivity index (χ0n) is 22.2. The van der Waals surface area contributed by atoms with Crippen molar-refractivity contribution in [3.05, 3.63) is 84.4 Å². The molecule has 7 rings (SSSR count). The molecule has 8 nitrogen and oxygen atoms in total. The summed E-state index contributed by atoms with van der Waals surface area (Å²) in [5.74, 6) is 0.676. The van der Waals surface area contributed by atoms with Crippen LogP contribution >= 0.6 is 0 Å². The fourth-order valence-electron chi connectivity index (χ4n) is 5.51. The number of hydrogen-bond acceptors (Lipinski definition) is 7. The molecule has 202 valence electrons. The lowest BCUT2D eigenvalue weighted by molar-refractivity contribution is 0.190. The molecule has 0 radical (unpaired) electrons. The Morgan fingerprint density at radius 1 is 0.850 bits per heavy atom. The summed E-state index contributed by atoms with van der Waals surface area (Å²) in [5.41, 5.74) is 11.8. The molecule has 0 unspecified atom stereocenters. The van der Waals surface area contributed by atoms with Crippen LogP contribution in [0, 0.1) is 5.82 Å². The minimum Gasteiger partial charge on any atom is -0.383 e. The van der Waals surface area contributed by atoms with E-state index in [1.54, 1.807) is 12.3 Å². The Bertz CT molecular complexity index is 1640. The first-order valence-electron chi connectivity index (χ1n) is 13.9. The van der Waals surface area contributed by atoms with Crippen molar-refractivity contribution in [2.24, 2.45) is 0 Å². The van der Waals surface area contributed by atoms with Crippen LogP contribution in [0.2, 0.25) is 0 Å². The third-order valence-electron chi connectivity index (χ3n) is 7.81. The van der Waals surface area contributed by atoms with E-state index in [0.29, 0.717) is 34.7 Å². The highest BCUT2D eigenvalue weighted by molar-refractivity contribution is 5.84. The number of hydrogen-bond donors (Lipinski definition) is 2. The highest BCUT2D eigenvalue weighted by Gasteiger charge is 2.27. The third kappa shape index (κ3) is 5.05. The first-order chi connectivity index (χ1) is 19.6. The third-order valence-corrected chi connectivity index (χ3v) is 7.81. The number of nitrogens with two attached hydrogens (primary N) is 1. The van der Waals surface area contributed by atoms with E-state index in [0.717, 1.165) is 42.4 Å². The van der Waals surface area contributed by atoms with Crippen LogP contribution in [0.15, 0.2) is 73.1 Å². The second kappa shape index (κ2) is 10.4. The summed E-state index contributed by atoms with van der Waals surface area (Å²) < 4.78 is 15.5. The molecule has 0 bridgehead atoms. The Morgan fingerprint density at radius 2 is 1.62 bits per heavy atom. The lowest BCUT2D eigenvalue weighted by Gasteiger charge is -2.32. The highest BCUT2D eigenvalue weighted by atomic mass is 19.1. The predicted octanol–water partition coefficient (Wildman–Crippen LogP) is 4.98. The first kappa shape index (κ1) is 24.8. The fraction of sp³-hybridized carbons (Fsp3) is 0.290. The molecule has 1 saturated carbocycles. The number of nitrogen functional groups attached to an aromatic ring is 1. The number of pyridine rings is 3. The highest BCUT2D eigenvalue weighted by Crippen LogP contribution is 2.32. The van der Waals surface area contributed by atoms with Gasteiger partial charge in [-0.3, -0.25) is 14.5 Å². The van der Waals surface area contributed by atoms with Crippen LogP contribution < -0.4 is 11.1 Å². The van der Waals surface area contributed by atoms with Gasteiger partial charge in [0.1, 0.15) is 17.2 Å². The van der Waals surface area contributed by atoms with Crippen molar-refractivity contribution in [2.45, 2.75) is 44.3 Å². The van der Waals surface area contributed by atoms with Crippen molar-refractivity contribution in [1.82, 2.24) is 34.7 Å². The van der Waals surface area contributed by atoms with Gasteiger partial charge in [-0.2, -0.15) is 0 Å². The molecule has 2 aliphatic rings. The van der Waals surface area contributed by atoms with Gasteiger partial charge < -0.3 is 11.1 Å². The number of aromatic nitrogens is 5. The number of halogens is 1. The van der Waals surface area contributed by atoms with E-state index in [9.17, 15) is 4.39 Å². The van der Waals surface area contributed by atoms with E-state index in [2.05, 4.69) is 44.5 Å². The average molecular weight is 535 g/mol. The maximum Gasteiger partial charge on any atom is 0.165 e. The van der Waals surface area contributed by atoms with Crippen molar-refractivity contribution in [1.29, 1.82) is 0 Å². The summed E-state index contributed by atoms with van der Waals surface area (Å²) in [7, 11) is 0. The molecular weight excluding hydrogens is 503 g/mol. The molecule has 0 spiro atoms. The van der Waals surface area contributed by atoms with Gasteiger partial charge in [0.05, 0.1) is 23.1 Å². The van der Waals surface area contributed by atoms with Crippen molar-refractivity contribution in [3.8, 4) is 28.5 Å². The van der Waals surface area contributed by atoms with Gasteiger partial charge in [0.15, 0.2) is 11.5 Å². The largest absolute Gasteiger partial charge is 0.383 e. The minimum absolute atomic E-state index is 0.386. The van der Waals surface area contributed by atoms with Crippen molar-refractivity contribution in [2.75, 3.05) is 18.8 Å². The van der Waals surface area contributed by atoms with Gasteiger partial charge in [0.25, 0.3) is 0 Å². The molecule has 2 fully saturated rings. The molecule has 4 aromatic heterocycles. The van der Waals surface area contributed by atoms with Crippen molar-refractivity contribution < 1.29 is 4.39 Å². The summed E-state index contributed by atoms with van der Waals surface area (Å²) >= 11 is 0. The van der Waals surface area contributed by atoms with Crippen LogP contribution in [0.1, 0.15) is 31.2 Å².